The van der Waals surface area contributed by atoms with Gasteiger partial charge in [-0.2, -0.15) is 4.57 Å². The van der Waals surface area contributed by atoms with Gasteiger partial charge in [-0.3, -0.25) is 0 Å². The molecule has 0 aliphatic carbocycles. The van der Waals surface area contributed by atoms with Crippen molar-refractivity contribution in [3.63, 3.8) is 0 Å². The fourth-order valence-corrected chi connectivity index (χ4v) is 4.61. The summed E-state index contributed by atoms with van der Waals surface area (Å²) in [6.45, 7) is 13.6. The topological polar surface area (TPSA) is 8.81 Å². The molecule has 2 nitrogen and oxygen atoms in total. The first kappa shape index (κ1) is 22.1. The summed E-state index contributed by atoms with van der Waals surface area (Å²) in [5, 5.41) is 0. The Morgan fingerprint density at radius 1 is 0.750 bits per heavy atom. The number of hydrogen-bond acceptors (Lipinski definition) is 0. The number of aryl methyl sites for hydroxylation is 2. The lowest BCUT2D eigenvalue weighted by molar-refractivity contribution is -0.659. The minimum Gasteiger partial charge on any atom is -0.232 e. The second-order valence-corrected chi connectivity index (χ2v) is 9.53. The molecule has 0 spiro atoms. The summed E-state index contributed by atoms with van der Waals surface area (Å²) < 4.78 is 4.67. The summed E-state index contributed by atoms with van der Waals surface area (Å²) >= 11 is 0. The monoisotopic (exact) mass is 423 g/mol. The second kappa shape index (κ2) is 8.78. The Bertz CT molecular complexity index is 1210. The van der Waals surface area contributed by atoms with Crippen molar-refractivity contribution in [2.45, 2.75) is 53.4 Å². The molecule has 1 aromatic heterocycles. The van der Waals surface area contributed by atoms with Crippen molar-refractivity contribution in [3.8, 4) is 28.2 Å². The van der Waals surface area contributed by atoms with Crippen LogP contribution in [-0.4, -0.2) is 4.57 Å². The predicted octanol–water partition coefficient (Wildman–Crippen LogP) is 7.50. The SMILES string of the molecule is Cc1cccc(-c2n(-c3c(C(C)C)cc(-c4ccccc4)cc3C(C)C)cc[n+]2C)c1C. The van der Waals surface area contributed by atoms with Crippen LogP contribution in [0.2, 0.25) is 0 Å². The highest BCUT2D eigenvalue weighted by molar-refractivity contribution is 5.71. The molecule has 0 amide bonds. The van der Waals surface area contributed by atoms with Gasteiger partial charge in [-0.05, 0) is 66.1 Å². The second-order valence-electron chi connectivity index (χ2n) is 9.53. The van der Waals surface area contributed by atoms with Crippen LogP contribution in [0.5, 0.6) is 0 Å². The molecule has 0 saturated carbocycles. The van der Waals surface area contributed by atoms with Crippen LogP contribution in [0.3, 0.4) is 0 Å². The maximum atomic E-state index is 2.42. The molecule has 4 rings (SSSR count). The number of nitrogens with zero attached hydrogens (tertiary/aromatic N) is 2. The van der Waals surface area contributed by atoms with Gasteiger partial charge in [0.15, 0.2) is 0 Å². The van der Waals surface area contributed by atoms with E-state index in [2.05, 4.69) is 131 Å². The Kier molecular flexibility index (Phi) is 6.06. The zero-order valence-electron chi connectivity index (χ0n) is 20.5. The largest absolute Gasteiger partial charge is 0.294 e. The Morgan fingerprint density at radius 2 is 1.38 bits per heavy atom. The Hall–Kier alpha value is -3.13. The molecule has 0 saturated heterocycles. The standard InChI is InChI=1S/C30H35N2/c1-20(2)27-18-25(24-13-9-8-10-14-24)19-28(21(3)4)29(27)32-17-16-31(7)30(32)26-15-11-12-22(5)23(26)6/h8-21H,1-7H3/q+1. The van der Waals surface area contributed by atoms with Gasteiger partial charge in [-0.15, -0.1) is 0 Å². The van der Waals surface area contributed by atoms with E-state index in [1.54, 1.807) is 0 Å². The van der Waals surface area contributed by atoms with E-state index >= 15 is 0 Å². The van der Waals surface area contributed by atoms with E-state index in [4.69, 9.17) is 0 Å². The van der Waals surface area contributed by atoms with Crippen LogP contribution in [0.25, 0.3) is 28.2 Å². The van der Waals surface area contributed by atoms with Crippen LogP contribution in [0.1, 0.15) is 61.8 Å². The smallest absolute Gasteiger partial charge is 0.232 e. The van der Waals surface area contributed by atoms with E-state index in [-0.39, 0.29) is 0 Å². The lowest BCUT2D eigenvalue weighted by Gasteiger charge is -2.20. The minimum atomic E-state index is 0.408. The van der Waals surface area contributed by atoms with Crippen molar-refractivity contribution >= 4 is 0 Å². The molecule has 0 radical (unpaired) electrons. The number of hydrogen-bond donors (Lipinski definition) is 0. The van der Waals surface area contributed by atoms with Crippen LogP contribution >= 0.6 is 0 Å². The lowest BCUT2D eigenvalue weighted by Crippen LogP contribution is -2.29. The van der Waals surface area contributed by atoms with Gasteiger partial charge in [0, 0.05) is 11.1 Å². The molecule has 0 aliphatic heterocycles. The van der Waals surface area contributed by atoms with Gasteiger partial charge < -0.3 is 0 Å². The summed E-state index contributed by atoms with van der Waals surface area (Å²) in [6, 6.07) is 22.1. The maximum Gasteiger partial charge on any atom is 0.294 e. The molecule has 2 heteroatoms. The first-order valence-corrected chi connectivity index (χ1v) is 11.7. The third-order valence-electron chi connectivity index (χ3n) is 6.61. The van der Waals surface area contributed by atoms with Gasteiger partial charge in [-0.1, -0.05) is 70.2 Å². The Balaban J connectivity index is 2.04. The fourth-order valence-electron chi connectivity index (χ4n) is 4.61. The van der Waals surface area contributed by atoms with E-state index in [1.165, 1.54) is 50.5 Å². The predicted molar refractivity (Wildman–Crippen MR) is 135 cm³/mol. The van der Waals surface area contributed by atoms with Crippen LogP contribution in [0.4, 0.5) is 0 Å². The number of imidazole rings is 1. The lowest BCUT2D eigenvalue weighted by atomic mass is 9.88. The van der Waals surface area contributed by atoms with Crippen molar-refractivity contribution in [1.82, 2.24) is 4.57 Å². The molecule has 1 heterocycles. The summed E-state index contributed by atoms with van der Waals surface area (Å²) in [5.74, 6) is 2.04. The summed E-state index contributed by atoms with van der Waals surface area (Å²) in [4.78, 5) is 0. The minimum absolute atomic E-state index is 0.408. The molecular formula is C30H35N2+. The molecule has 0 fully saturated rings. The molecule has 3 aromatic carbocycles. The molecule has 0 bridgehead atoms. The zero-order chi connectivity index (χ0) is 23.0. The number of rotatable bonds is 5. The third-order valence-corrected chi connectivity index (χ3v) is 6.61. The highest BCUT2D eigenvalue weighted by atomic mass is 15.1. The first-order valence-electron chi connectivity index (χ1n) is 11.7. The fraction of sp³-hybridized carbons (Fsp3) is 0.300. The molecule has 32 heavy (non-hydrogen) atoms. The van der Waals surface area contributed by atoms with Crippen LogP contribution in [0, 0.1) is 13.8 Å². The van der Waals surface area contributed by atoms with Crippen LogP contribution in [-0.2, 0) is 7.05 Å². The van der Waals surface area contributed by atoms with Crippen molar-refractivity contribution in [1.29, 1.82) is 0 Å². The number of benzene rings is 3. The highest BCUT2D eigenvalue weighted by Gasteiger charge is 2.27. The van der Waals surface area contributed by atoms with Gasteiger partial charge in [0.05, 0.1) is 12.6 Å². The van der Waals surface area contributed by atoms with Crippen LogP contribution < -0.4 is 4.57 Å². The normalized spacial score (nSPS) is 11.5. The molecule has 0 N–H and O–H groups in total. The summed E-state index contributed by atoms with van der Waals surface area (Å²) in [6.07, 6.45) is 4.41. The van der Waals surface area contributed by atoms with Gasteiger partial charge >= 0.3 is 0 Å². The molecule has 0 aliphatic rings. The number of aromatic nitrogens is 2. The van der Waals surface area contributed by atoms with Crippen molar-refractivity contribution in [2.75, 3.05) is 0 Å². The Labute approximate surface area is 193 Å². The zero-order valence-corrected chi connectivity index (χ0v) is 20.5. The van der Waals surface area contributed by atoms with E-state index in [1.807, 2.05) is 0 Å². The van der Waals surface area contributed by atoms with Crippen molar-refractivity contribution < 1.29 is 4.57 Å². The average Bonchev–Trinajstić information content (AvgIpc) is 3.16. The molecule has 0 unspecified atom stereocenters. The van der Waals surface area contributed by atoms with Gasteiger partial charge in [0.25, 0.3) is 5.82 Å². The van der Waals surface area contributed by atoms with Gasteiger partial charge in [-0.25, -0.2) is 4.57 Å². The molecule has 4 aromatic rings. The molecule has 0 atom stereocenters. The summed E-state index contributed by atoms with van der Waals surface area (Å²) in [7, 11) is 2.15. The maximum absolute atomic E-state index is 2.42. The Morgan fingerprint density at radius 3 is 1.97 bits per heavy atom. The highest BCUT2D eigenvalue weighted by Crippen LogP contribution is 2.38. The van der Waals surface area contributed by atoms with E-state index in [0.717, 1.165) is 0 Å². The van der Waals surface area contributed by atoms with E-state index < -0.39 is 0 Å². The quantitative estimate of drug-likeness (QED) is 0.294. The van der Waals surface area contributed by atoms with E-state index in [9.17, 15) is 0 Å². The van der Waals surface area contributed by atoms with Crippen LogP contribution in [0.15, 0.2) is 73.1 Å². The van der Waals surface area contributed by atoms with Gasteiger partial charge in [0.1, 0.15) is 18.1 Å². The molecule has 164 valence electrons. The van der Waals surface area contributed by atoms with E-state index in [0.29, 0.717) is 11.8 Å². The molecular weight excluding hydrogens is 388 g/mol. The van der Waals surface area contributed by atoms with Crippen molar-refractivity contribution in [2.24, 2.45) is 7.05 Å². The van der Waals surface area contributed by atoms with Gasteiger partial charge in [0.2, 0.25) is 0 Å². The average molecular weight is 424 g/mol. The first-order chi connectivity index (χ1) is 15.3. The van der Waals surface area contributed by atoms with Crippen molar-refractivity contribution in [3.05, 3.63) is 95.3 Å². The third kappa shape index (κ3) is 3.90. The summed E-state index contributed by atoms with van der Waals surface area (Å²) in [5.41, 5.74) is 10.6.